The zero-order valence-corrected chi connectivity index (χ0v) is 14.2. The number of rotatable bonds is 10. The van der Waals surface area contributed by atoms with Crippen LogP contribution in [0.25, 0.3) is 0 Å². The standard InChI is InChI=1S/C17H31N3O/c1-6-9-18-15(4)16-7-8-17(19-12-16)20(10-11-21-5)13-14(2)3/h7-8,12,14-15,18H,6,9-11,13H2,1-5H3. The fourth-order valence-corrected chi connectivity index (χ4v) is 2.26. The second-order valence-electron chi connectivity index (χ2n) is 5.96. The van der Waals surface area contributed by atoms with Crippen molar-refractivity contribution >= 4 is 5.82 Å². The first kappa shape index (κ1) is 17.9. The van der Waals surface area contributed by atoms with Crippen LogP contribution in [0.4, 0.5) is 5.82 Å². The van der Waals surface area contributed by atoms with E-state index >= 15 is 0 Å². The van der Waals surface area contributed by atoms with Crippen LogP contribution in [0.1, 0.15) is 45.7 Å². The molecule has 1 aromatic rings. The number of methoxy groups -OCH3 is 1. The molecular formula is C17H31N3O. The number of aromatic nitrogens is 1. The zero-order chi connectivity index (χ0) is 15.7. The van der Waals surface area contributed by atoms with Gasteiger partial charge in [-0.2, -0.15) is 0 Å². The minimum atomic E-state index is 0.351. The van der Waals surface area contributed by atoms with Gasteiger partial charge in [-0.15, -0.1) is 0 Å². The van der Waals surface area contributed by atoms with Crippen LogP contribution in [0.5, 0.6) is 0 Å². The van der Waals surface area contributed by atoms with Crippen LogP contribution in [0, 0.1) is 5.92 Å². The Bertz CT molecular complexity index is 378. The molecule has 0 amide bonds. The smallest absolute Gasteiger partial charge is 0.128 e. The van der Waals surface area contributed by atoms with Crippen molar-refractivity contribution in [2.24, 2.45) is 5.92 Å². The summed E-state index contributed by atoms with van der Waals surface area (Å²) in [5.74, 6) is 1.64. The van der Waals surface area contributed by atoms with Crippen LogP contribution in [0.2, 0.25) is 0 Å². The Morgan fingerprint density at radius 3 is 2.57 bits per heavy atom. The summed E-state index contributed by atoms with van der Waals surface area (Å²) in [4.78, 5) is 6.94. The molecular weight excluding hydrogens is 262 g/mol. The van der Waals surface area contributed by atoms with Gasteiger partial charge in [-0.25, -0.2) is 4.98 Å². The minimum Gasteiger partial charge on any atom is -0.383 e. The van der Waals surface area contributed by atoms with E-state index in [-0.39, 0.29) is 0 Å². The largest absolute Gasteiger partial charge is 0.383 e. The van der Waals surface area contributed by atoms with E-state index in [1.54, 1.807) is 7.11 Å². The van der Waals surface area contributed by atoms with Crippen LogP contribution in [-0.4, -0.2) is 38.3 Å². The molecule has 0 saturated heterocycles. The number of hydrogen-bond acceptors (Lipinski definition) is 4. The van der Waals surface area contributed by atoms with E-state index in [0.717, 1.165) is 38.5 Å². The molecule has 0 aliphatic heterocycles. The molecule has 1 aromatic heterocycles. The van der Waals surface area contributed by atoms with Crippen molar-refractivity contribution < 1.29 is 4.74 Å². The van der Waals surface area contributed by atoms with E-state index in [1.165, 1.54) is 5.56 Å². The lowest BCUT2D eigenvalue weighted by Gasteiger charge is -2.25. The molecule has 0 bridgehead atoms. The quantitative estimate of drug-likeness (QED) is 0.718. The highest BCUT2D eigenvalue weighted by atomic mass is 16.5. The Hall–Kier alpha value is -1.13. The first-order valence-electron chi connectivity index (χ1n) is 8.01. The lowest BCUT2D eigenvalue weighted by atomic mass is 10.1. The maximum Gasteiger partial charge on any atom is 0.128 e. The first-order chi connectivity index (χ1) is 10.1. The van der Waals surface area contributed by atoms with E-state index in [4.69, 9.17) is 4.74 Å². The summed E-state index contributed by atoms with van der Waals surface area (Å²) in [6, 6.07) is 4.65. The van der Waals surface area contributed by atoms with Gasteiger partial charge >= 0.3 is 0 Å². The molecule has 0 aliphatic rings. The summed E-state index contributed by atoms with van der Waals surface area (Å²) in [7, 11) is 1.74. The number of ether oxygens (including phenoxy) is 1. The van der Waals surface area contributed by atoms with Crippen LogP contribution in [-0.2, 0) is 4.74 Å². The molecule has 4 heteroatoms. The molecule has 1 unspecified atom stereocenters. The molecule has 4 nitrogen and oxygen atoms in total. The van der Waals surface area contributed by atoms with Gasteiger partial charge < -0.3 is 15.0 Å². The van der Waals surface area contributed by atoms with Gasteiger partial charge in [0.25, 0.3) is 0 Å². The number of pyridine rings is 1. The molecule has 0 saturated carbocycles. The van der Waals surface area contributed by atoms with Crippen LogP contribution < -0.4 is 10.2 Å². The summed E-state index contributed by atoms with van der Waals surface area (Å²) >= 11 is 0. The highest BCUT2D eigenvalue weighted by molar-refractivity contribution is 5.39. The number of anilines is 1. The van der Waals surface area contributed by atoms with Gasteiger partial charge in [-0.05, 0) is 37.4 Å². The third-order valence-electron chi connectivity index (χ3n) is 3.45. The molecule has 0 aliphatic carbocycles. The van der Waals surface area contributed by atoms with E-state index in [1.807, 2.05) is 6.20 Å². The Labute approximate surface area is 129 Å². The molecule has 0 fully saturated rings. The molecule has 0 aromatic carbocycles. The minimum absolute atomic E-state index is 0.351. The normalized spacial score (nSPS) is 12.7. The second kappa shape index (κ2) is 9.74. The summed E-state index contributed by atoms with van der Waals surface area (Å²) in [6.07, 6.45) is 3.14. The van der Waals surface area contributed by atoms with Crippen molar-refractivity contribution in [3.05, 3.63) is 23.9 Å². The van der Waals surface area contributed by atoms with Gasteiger partial charge in [0.05, 0.1) is 6.61 Å². The van der Waals surface area contributed by atoms with Crippen LogP contribution >= 0.6 is 0 Å². The molecule has 1 heterocycles. The lowest BCUT2D eigenvalue weighted by molar-refractivity contribution is 0.204. The van der Waals surface area contributed by atoms with Gasteiger partial charge in [0.1, 0.15) is 5.82 Å². The predicted molar refractivity (Wildman–Crippen MR) is 89.9 cm³/mol. The third kappa shape index (κ3) is 6.44. The Morgan fingerprint density at radius 2 is 2.05 bits per heavy atom. The van der Waals surface area contributed by atoms with Crippen molar-refractivity contribution in [1.29, 1.82) is 0 Å². The van der Waals surface area contributed by atoms with Crippen molar-refractivity contribution in [3.63, 3.8) is 0 Å². The van der Waals surface area contributed by atoms with Gasteiger partial charge in [0.15, 0.2) is 0 Å². The van der Waals surface area contributed by atoms with E-state index < -0.39 is 0 Å². The molecule has 120 valence electrons. The summed E-state index contributed by atoms with van der Waals surface area (Å²) in [5.41, 5.74) is 1.24. The maximum atomic E-state index is 5.20. The zero-order valence-electron chi connectivity index (χ0n) is 14.2. The summed E-state index contributed by atoms with van der Waals surface area (Å²) in [5, 5.41) is 3.49. The van der Waals surface area contributed by atoms with E-state index in [0.29, 0.717) is 12.0 Å². The van der Waals surface area contributed by atoms with Gasteiger partial charge in [-0.1, -0.05) is 26.8 Å². The number of hydrogen-bond donors (Lipinski definition) is 1. The topological polar surface area (TPSA) is 37.4 Å². The average molecular weight is 293 g/mol. The van der Waals surface area contributed by atoms with Gasteiger partial charge in [0.2, 0.25) is 0 Å². The van der Waals surface area contributed by atoms with Crippen molar-refractivity contribution in [2.45, 2.75) is 40.2 Å². The highest BCUT2D eigenvalue weighted by Gasteiger charge is 2.11. The van der Waals surface area contributed by atoms with E-state index in [2.05, 4.69) is 55.0 Å². The second-order valence-corrected chi connectivity index (χ2v) is 5.96. The molecule has 0 spiro atoms. The van der Waals surface area contributed by atoms with Crippen molar-refractivity contribution in [1.82, 2.24) is 10.3 Å². The first-order valence-corrected chi connectivity index (χ1v) is 8.01. The SMILES string of the molecule is CCCNC(C)c1ccc(N(CCOC)CC(C)C)nc1. The number of nitrogens with one attached hydrogen (secondary N) is 1. The molecule has 0 radical (unpaired) electrons. The monoisotopic (exact) mass is 293 g/mol. The fourth-order valence-electron chi connectivity index (χ4n) is 2.26. The fraction of sp³-hybridized carbons (Fsp3) is 0.706. The van der Waals surface area contributed by atoms with Gasteiger partial charge in [-0.3, -0.25) is 0 Å². The van der Waals surface area contributed by atoms with Gasteiger partial charge in [0, 0.05) is 32.4 Å². The summed E-state index contributed by atoms with van der Waals surface area (Å²) < 4.78 is 5.20. The summed E-state index contributed by atoms with van der Waals surface area (Å²) in [6.45, 7) is 12.5. The maximum absolute atomic E-state index is 5.20. The molecule has 1 atom stereocenters. The molecule has 21 heavy (non-hydrogen) atoms. The predicted octanol–water partition coefficient (Wildman–Crippen LogP) is 3.25. The molecule has 1 N–H and O–H groups in total. The molecule has 1 rings (SSSR count). The Morgan fingerprint density at radius 1 is 1.29 bits per heavy atom. The third-order valence-corrected chi connectivity index (χ3v) is 3.45. The van der Waals surface area contributed by atoms with Crippen LogP contribution in [0.15, 0.2) is 18.3 Å². The van der Waals surface area contributed by atoms with Crippen molar-refractivity contribution in [3.8, 4) is 0 Å². The van der Waals surface area contributed by atoms with E-state index in [9.17, 15) is 0 Å². The Kier molecular flexibility index (Phi) is 8.31. The van der Waals surface area contributed by atoms with Crippen molar-refractivity contribution in [2.75, 3.05) is 38.3 Å². The Balaban J connectivity index is 2.71. The van der Waals surface area contributed by atoms with Crippen LogP contribution in [0.3, 0.4) is 0 Å². The highest BCUT2D eigenvalue weighted by Crippen LogP contribution is 2.17. The average Bonchev–Trinajstić information content (AvgIpc) is 2.49. The lowest BCUT2D eigenvalue weighted by Crippen LogP contribution is -2.31. The number of nitrogens with zero attached hydrogens (tertiary/aromatic N) is 2.